The van der Waals surface area contributed by atoms with E-state index in [1.807, 2.05) is 0 Å². The Bertz CT molecular complexity index is 565. The summed E-state index contributed by atoms with van der Waals surface area (Å²) in [6.45, 7) is 3.73. The van der Waals surface area contributed by atoms with Crippen LogP contribution in [0.3, 0.4) is 0 Å². The van der Waals surface area contributed by atoms with Gasteiger partial charge >= 0.3 is 6.36 Å². The predicted octanol–water partition coefficient (Wildman–Crippen LogP) is 4.18. The van der Waals surface area contributed by atoms with Crippen molar-refractivity contribution in [2.24, 2.45) is 5.92 Å². The molecule has 0 aromatic heterocycles. The van der Waals surface area contributed by atoms with Crippen LogP contribution in [-0.4, -0.2) is 44.6 Å². The average molecular weight is 417 g/mol. The summed E-state index contributed by atoms with van der Waals surface area (Å²) in [6.07, 6.45) is -1.18. The van der Waals surface area contributed by atoms with Gasteiger partial charge in [-0.15, -0.1) is 38.0 Å². The molecule has 1 aliphatic heterocycles. The normalized spacial score (nSPS) is 19.5. The number of nitrogens with one attached hydrogen (secondary N) is 1. The summed E-state index contributed by atoms with van der Waals surface area (Å²) in [4.78, 5) is 2.42. The van der Waals surface area contributed by atoms with Crippen LogP contribution in [0.15, 0.2) is 18.2 Å². The molecule has 9 heteroatoms. The first-order valence-corrected chi connectivity index (χ1v) is 8.36. The van der Waals surface area contributed by atoms with Gasteiger partial charge in [-0.2, -0.15) is 0 Å². The van der Waals surface area contributed by atoms with Crippen molar-refractivity contribution in [2.75, 3.05) is 33.3 Å². The molecule has 0 unspecified atom stereocenters. The molecule has 0 amide bonds. The standard InChI is InChI=1S/C17H23F3N2O2.2ClH/c1-23-15-11-13(24-17(18,19)20)5-6-14(15)16(12-3-2-4-12)22-9-7-21-8-10-22;;/h5-6,11-12,16,21H,2-4,7-10H2,1H3;2*1H/t16-;;/m0../s1. The first-order valence-electron chi connectivity index (χ1n) is 8.36. The third-order valence-electron chi connectivity index (χ3n) is 4.90. The number of halogens is 5. The summed E-state index contributed by atoms with van der Waals surface area (Å²) in [5, 5.41) is 3.34. The van der Waals surface area contributed by atoms with Gasteiger partial charge in [-0.1, -0.05) is 12.5 Å². The van der Waals surface area contributed by atoms with E-state index in [0.29, 0.717) is 11.7 Å². The number of methoxy groups -OCH3 is 1. The number of hydrogen-bond acceptors (Lipinski definition) is 4. The summed E-state index contributed by atoms with van der Waals surface area (Å²) >= 11 is 0. The Morgan fingerprint density at radius 1 is 1.15 bits per heavy atom. The molecule has 0 spiro atoms. The molecule has 1 atom stereocenters. The van der Waals surface area contributed by atoms with Crippen LogP contribution in [0.1, 0.15) is 30.9 Å². The molecule has 150 valence electrons. The lowest BCUT2D eigenvalue weighted by Gasteiger charge is -2.43. The highest BCUT2D eigenvalue weighted by atomic mass is 35.5. The first kappa shape index (κ1) is 23.1. The van der Waals surface area contributed by atoms with Gasteiger partial charge in [0.2, 0.25) is 0 Å². The van der Waals surface area contributed by atoms with Crippen molar-refractivity contribution in [3.63, 3.8) is 0 Å². The maximum absolute atomic E-state index is 12.4. The number of ether oxygens (including phenoxy) is 2. The summed E-state index contributed by atoms with van der Waals surface area (Å²) in [5.41, 5.74) is 0.957. The average Bonchev–Trinajstić information content (AvgIpc) is 2.50. The zero-order valence-electron chi connectivity index (χ0n) is 14.6. The van der Waals surface area contributed by atoms with E-state index in [1.165, 1.54) is 25.7 Å². The van der Waals surface area contributed by atoms with Gasteiger partial charge in [-0.3, -0.25) is 4.90 Å². The van der Waals surface area contributed by atoms with E-state index in [4.69, 9.17) is 4.74 Å². The van der Waals surface area contributed by atoms with Gasteiger partial charge in [0.05, 0.1) is 7.11 Å². The van der Waals surface area contributed by atoms with Gasteiger partial charge in [0.1, 0.15) is 11.5 Å². The van der Waals surface area contributed by atoms with Crippen LogP contribution >= 0.6 is 24.8 Å². The molecule has 1 aromatic carbocycles. The summed E-state index contributed by atoms with van der Waals surface area (Å²) in [6, 6.07) is 4.65. The van der Waals surface area contributed by atoms with Crippen LogP contribution in [0.5, 0.6) is 11.5 Å². The van der Waals surface area contributed by atoms with Crippen LogP contribution in [0.25, 0.3) is 0 Å². The molecular weight excluding hydrogens is 392 g/mol. The zero-order valence-corrected chi connectivity index (χ0v) is 16.2. The Morgan fingerprint density at radius 2 is 1.81 bits per heavy atom. The Hall–Kier alpha value is -0.890. The lowest BCUT2D eigenvalue weighted by Crippen LogP contribution is -2.47. The van der Waals surface area contributed by atoms with Crippen LogP contribution in [-0.2, 0) is 0 Å². The highest BCUT2D eigenvalue weighted by Crippen LogP contribution is 2.45. The number of nitrogens with zero attached hydrogens (tertiary/aromatic N) is 1. The Balaban J connectivity index is 0.00000169. The maximum Gasteiger partial charge on any atom is 0.573 e. The first-order chi connectivity index (χ1) is 11.5. The minimum Gasteiger partial charge on any atom is -0.496 e. The van der Waals surface area contributed by atoms with Gasteiger partial charge in [0.15, 0.2) is 0 Å². The quantitative estimate of drug-likeness (QED) is 0.780. The molecule has 2 aliphatic rings. The van der Waals surface area contributed by atoms with Crippen molar-refractivity contribution in [1.82, 2.24) is 10.2 Å². The minimum atomic E-state index is -4.70. The van der Waals surface area contributed by atoms with Gasteiger partial charge < -0.3 is 14.8 Å². The molecule has 1 saturated carbocycles. The van der Waals surface area contributed by atoms with Crippen molar-refractivity contribution in [1.29, 1.82) is 0 Å². The molecule has 1 saturated heterocycles. The van der Waals surface area contributed by atoms with Crippen LogP contribution < -0.4 is 14.8 Å². The molecule has 3 rings (SSSR count). The Morgan fingerprint density at radius 3 is 2.31 bits per heavy atom. The van der Waals surface area contributed by atoms with Gasteiger partial charge in [-0.25, -0.2) is 0 Å². The zero-order chi connectivity index (χ0) is 17.2. The van der Waals surface area contributed by atoms with E-state index in [2.05, 4.69) is 15.0 Å². The van der Waals surface area contributed by atoms with E-state index in [1.54, 1.807) is 6.07 Å². The molecule has 0 radical (unpaired) electrons. The molecule has 1 aromatic rings. The van der Waals surface area contributed by atoms with Gasteiger partial charge in [0, 0.05) is 43.9 Å². The fraction of sp³-hybridized carbons (Fsp3) is 0.647. The van der Waals surface area contributed by atoms with E-state index in [0.717, 1.165) is 44.6 Å². The highest BCUT2D eigenvalue weighted by molar-refractivity contribution is 5.85. The second-order valence-electron chi connectivity index (χ2n) is 6.37. The van der Waals surface area contributed by atoms with Gasteiger partial charge in [0.25, 0.3) is 0 Å². The second kappa shape index (κ2) is 9.88. The van der Waals surface area contributed by atoms with Crippen molar-refractivity contribution < 1.29 is 22.6 Å². The minimum absolute atomic E-state index is 0. The maximum atomic E-state index is 12.4. The predicted molar refractivity (Wildman–Crippen MR) is 98.7 cm³/mol. The molecule has 1 N–H and O–H groups in total. The smallest absolute Gasteiger partial charge is 0.496 e. The largest absolute Gasteiger partial charge is 0.573 e. The third kappa shape index (κ3) is 5.55. The fourth-order valence-corrected chi connectivity index (χ4v) is 3.60. The molecule has 1 heterocycles. The molecule has 26 heavy (non-hydrogen) atoms. The van der Waals surface area contributed by atoms with E-state index in [-0.39, 0.29) is 36.6 Å². The lowest BCUT2D eigenvalue weighted by atomic mass is 9.76. The van der Waals surface area contributed by atoms with Crippen molar-refractivity contribution in [3.05, 3.63) is 23.8 Å². The molecule has 2 fully saturated rings. The molecule has 4 nitrogen and oxygen atoms in total. The fourth-order valence-electron chi connectivity index (χ4n) is 3.60. The monoisotopic (exact) mass is 416 g/mol. The van der Waals surface area contributed by atoms with Crippen molar-refractivity contribution in [3.8, 4) is 11.5 Å². The third-order valence-corrected chi connectivity index (χ3v) is 4.90. The molecule has 0 bridgehead atoms. The Kier molecular flexibility index (Phi) is 8.79. The van der Waals surface area contributed by atoms with Crippen molar-refractivity contribution in [2.45, 2.75) is 31.7 Å². The summed E-state index contributed by atoms with van der Waals surface area (Å²) in [5.74, 6) is 0.759. The number of piperazine rings is 1. The van der Waals surface area contributed by atoms with E-state index >= 15 is 0 Å². The SMILES string of the molecule is COc1cc(OC(F)(F)F)ccc1[C@H](C1CCC1)N1CCNCC1.Cl.Cl. The second-order valence-corrected chi connectivity index (χ2v) is 6.37. The number of alkyl halides is 3. The summed E-state index contributed by atoms with van der Waals surface area (Å²) in [7, 11) is 1.49. The number of rotatable bonds is 5. The number of hydrogen-bond donors (Lipinski definition) is 1. The molecule has 1 aliphatic carbocycles. The summed E-state index contributed by atoms with van der Waals surface area (Å²) < 4.78 is 46.7. The van der Waals surface area contributed by atoms with E-state index < -0.39 is 6.36 Å². The van der Waals surface area contributed by atoms with Crippen LogP contribution in [0.2, 0.25) is 0 Å². The van der Waals surface area contributed by atoms with Crippen LogP contribution in [0.4, 0.5) is 13.2 Å². The highest BCUT2D eigenvalue weighted by Gasteiger charge is 2.36. The lowest BCUT2D eigenvalue weighted by molar-refractivity contribution is -0.274. The van der Waals surface area contributed by atoms with Crippen molar-refractivity contribution >= 4 is 24.8 Å². The van der Waals surface area contributed by atoms with Gasteiger partial charge in [-0.05, 0) is 24.8 Å². The molecular formula is C17H25Cl2F3N2O2. The topological polar surface area (TPSA) is 33.7 Å². The van der Waals surface area contributed by atoms with Crippen LogP contribution in [0, 0.1) is 5.92 Å². The van der Waals surface area contributed by atoms with E-state index in [9.17, 15) is 13.2 Å². The Labute approximate surface area is 164 Å². The number of benzene rings is 1.